The number of hydrogen-bond acceptors (Lipinski definition) is 4. The summed E-state index contributed by atoms with van der Waals surface area (Å²) in [4.78, 5) is 34.9. The number of aryl methyl sites for hydroxylation is 1. The van der Waals surface area contributed by atoms with Crippen LogP contribution in [0.25, 0.3) is 0 Å². The maximum absolute atomic E-state index is 13.4. The fraction of sp³-hybridized carbons (Fsp3) is 0.423. The summed E-state index contributed by atoms with van der Waals surface area (Å²) in [7, 11) is 1.73. The first-order valence-corrected chi connectivity index (χ1v) is 11.6. The Morgan fingerprint density at radius 1 is 1.03 bits per heavy atom. The molecule has 4 rings (SSSR count). The lowest BCUT2D eigenvalue weighted by Gasteiger charge is -2.44. The molecule has 0 radical (unpaired) electrons. The van der Waals surface area contributed by atoms with E-state index in [-0.39, 0.29) is 18.0 Å². The highest BCUT2D eigenvalue weighted by Gasteiger charge is 2.37. The lowest BCUT2D eigenvalue weighted by Crippen LogP contribution is -2.51. The molecule has 2 aliphatic rings. The van der Waals surface area contributed by atoms with Crippen LogP contribution in [0.2, 0.25) is 0 Å². The van der Waals surface area contributed by atoms with Crippen molar-refractivity contribution in [3.8, 4) is 0 Å². The maximum atomic E-state index is 13.4. The summed E-state index contributed by atoms with van der Waals surface area (Å²) in [5.74, 6) is 1.12. The van der Waals surface area contributed by atoms with Gasteiger partial charge in [-0.1, -0.05) is 31.2 Å². The molecule has 0 saturated carbocycles. The van der Waals surface area contributed by atoms with E-state index in [1.807, 2.05) is 55.5 Å². The fourth-order valence-electron chi connectivity index (χ4n) is 5.16. The number of benzene rings is 2. The number of anilines is 2. The molecule has 1 saturated heterocycles. The van der Waals surface area contributed by atoms with Crippen molar-refractivity contribution in [2.75, 3.05) is 17.3 Å². The van der Waals surface area contributed by atoms with Crippen LogP contribution in [0.4, 0.5) is 16.2 Å². The summed E-state index contributed by atoms with van der Waals surface area (Å²) < 4.78 is 0. The number of amides is 3. The fourth-order valence-corrected chi connectivity index (χ4v) is 5.16. The Hall–Kier alpha value is -3.35. The van der Waals surface area contributed by atoms with Crippen LogP contribution < -0.4 is 15.5 Å². The highest BCUT2D eigenvalue weighted by atomic mass is 16.2. The number of likely N-dealkylation sites (tertiary alicyclic amines) is 1. The van der Waals surface area contributed by atoms with Crippen molar-refractivity contribution in [3.05, 3.63) is 59.7 Å². The molecule has 2 heterocycles. The molecule has 2 aromatic carbocycles. The van der Waals surface area contributed by atoms with Crippen molar-refractivity contribution < 1.29 is 9.59 Å². The van der Waals surface area contributed by atoms with E-state index >= 15 is 0 Å². The topological polar surface area (TPSA) is 77.0 Å². The minimum atomic E-state index is -1.03. The van der Waals surface area contributed by atoms with Crippen LogP contribution in [0.15, 0.2) is 53.5 Å². The molecular weight excluding hydrogens is 414 g/mol. The van der Waals surface area contributed by atoms with Crippen molar-refractivity contribution in [1.29, 1.82) is 0 Å². The van der Waals surface area contributed by atoms with Gasteiger partial charge in [-0.25, -0.2) is 9.79 Å². The Morgan fingerprint density at radius 3 is 2.42 bits per heavy atom. The normalized spacial score (nSPS) is 25.1. The quantitative estimate of drug-likeness (QED) is 0.718. The van der Waals surface area contributed by atoms with Gasteiger partial charge >= 0.3 is 6.03 Å². The van der Waals surface area contributed by atoms with Gasteiger partial charge in [-0.15, -0.1) is 0 Å². The van der Waals surface area contributed by atoms with Gasteiger partial charge in [0.1, 0.15) is 5.84 Å². The Labute approximate surface area is 195 Å². The van der Waals surface area contributed by atoms with Gasteiger partial charge in [0.05, 0.1) is 5.69 Å². The molecule has 7 nitrogen and oxygen atoms in total. The first-order valence-electron chi connectivity index (χ1n) is 11.6. The van der Waals surface area contributed by atoms with Crippen molar-refractivity contribution in [2.45, 2.75) is 58.8 Å². The Kier molecular flexibility index (Phi) is 6.40. The monoisotopic (exact) mass is 447 g/mol. The molecule has 0 bridgehead atoms. The Morgan fingerprint density at radius 2 is 1.73 bits per heavy atom. The number of hydrogen-bond donors (Lipinski definition) is 2. The van der Waals surface area contributed by atoms with Crippen molar-refractivity contribution in [3.63, 3.8) is 0 Å². The van der Waals surface area contributed by atoms with Crippen molar-refractivity contribution >= 4 is 29.1 Å². The summed E-state index contributed by atoms with van der Waals surface area (Å²) in [5.41, 5.74) is 3.41. The van der Waals surface area contributed by atoms with E-state index in [2.05, 4.69) is 36.3 Å². The van der Waals surface area contributed by atoms with Crippen molar-refractivity contribution in [2.24, 2.45) is 10.9 Å². The Balaban J connectivity index is 1.69. The molecule has 4 atom stereocenters. The molecule has 0 aliphatic carbocycles. The molecule has 2 aromatic rings. The number of piperidine rings is 1. The van der Waals surface area contributed by atoms with Gasteiger partial charge in [-0.2, -0.15) is 0 Å². The zero-order chi connectivity index (χ0) is 23.7. The van der Waals surface area contributed by atoms with E-state index in [9.17, 15) is 9.59 Å². The van der Waals surface area contributed by atoms with Gasteiger partial charge in [-0.05, 0) is 69.4 Å². The van der Waals surface area contributed by atoms with Crippen LogP contribution in [0, 0.1) is 12.8 Å². The third-order valence-electron chi connectivity index (χ3n) is 6.55. The largest absolute Gasteiger partial charge is 0.351 e. The number of urea groups is 1. The smallest absolute Gasteiger partial charge is 0.321 e. The number of likely N-dealkylation sites (N-methyl/N-ethyl adjacent to an activating group) is 1. The van der Waals surface area contributed by atoms with E-state index in [0.717, 1.165) is 35.5 Å². The molecule has 174 valence electrons. The van der Waals surface area contributed by atoms with E-state index in [0.29, 0.717) is 11.6 Å². The number of rotatable bonds is 2. The van der Waals surface area contributed by atoms with E-state index in [4.69, 9.17) is 4.99 Å². The average molecular weight is 448 g/mol. The average Bonchev–Trinajstić information content (AvgIpc) is 2.84. The number of nitrogens with one attached hydrogen (secondary N) is 2. The van der Waals surface area contributed by atoms with Crippen LogP contribution in [0.1, 0.15) is 44.7 Å². The minimum Gasteiger partial charge on any atom is -0.351 e. The number of amidine groups is 1. The van der Waals surface area contributed by atoms with Gasteiger partial charge in [0.2, 0.25) is 6.17 Å². The molecular formula is C26H33N5O2. The number of aliphatic imine (C=N–C) groups is 1. The summed E-state index contributed by atoms with van der Waals surface area (Å²) in [5, 5.41) is 5.62. The molecule has 3 amide bonds. The predicted octanol–water partition coefficient (Wildman–Crippen LogP) is 4.37. The summed E-state index contributed by atoms with van der Waals surface area (Å²) in [6, 6.07) is 15.4. The molecule has 1 fully saturated rings. The molecule has 7 heteroatoms. The minimum absolute atomic E-state index is 0.274. The number of fused-ring (bicyclic) bond motifs is 1. The van der Waals surface area contributed by atoms with Gasteiger partial charge < -0.3 is 20.4 Å². The second-order valence-corrected chi connectivity index (χ2v) is 9.42. The molecule has 2 N–H and O–H groups in total. The Bertz CT molecular complexity index is 1070. The SMILES string of the molecule is Cc1cccc(NC(=O)NC2N=C(N3[C@H](C)CC(C)C[C@@H]3C)c3ccccc3N(C)C2=O)c1. The molecule has 33 heavy (non-hydrogen) atoms. The number of carbonyl (C=O) groups excluding carboxylic acids is 2. The number of para-hydroxylation sites is 1. The number of carbonyl (C=O) groups is 2. The van der Waals surface area contributed by atoms with E-state index in [1.165, 1.54) is 0 Å². The van der Waals surface area contributed by atoms with Gasteiger partial charge in [-0.3, -0.25) is 4.79 Å². The zero-order valence-electron chi connectivity index (χ0n) is 20.0. The van der Waals surface area contributed by atoms with E-state index < -0.39 is 12.2 Å². The van der Waals surface area contributed by atoms with Crippen LogP contribution in [-0.4, -0.2) is 48.0 Å². The molecule has 2 aliphatic heterocycles. The van der Waals surface area contributed by atoms with Gasteiger partial charge in [0.25, 0.3) is 5.91 Å². The van der Waals surface area contributed by atoms with Crippen LogP contribution in [0.3, 0.4) is 0 Å². The molecule has 0 aromatic heterocycles. The van der Waals surface area contributed by atoms with E-state index in [1.54, 1.807) is 11.9 Å². The standard InChI is InChI=1S/C26H33N5O2/c1-16-9-8-10-20(15-16)27-26(33)29-23-25(32)30(5)22-12-7-6-11-21(22)24(28-23)31-18(3)13-17(2)14-19(31)4/h6-12,15,17-19,23H,13-14H2,1-5H3,(H2,27,29,33)/t17?,18-,19+,23?. The first-order chi connectivity index (χ1) is 15.7. The second-order valence-electron chi connectivity index (χ2n) is 9.42. The maximum Gasteiger partial charge on any atom is 0.321 e. The highest BCUT2D eigenvalue weighted by Crippen LogP contribution is 2.33. The molecule has 2 unspecified atom stereocenters. The van der Waals surface area contributed by atoms with Crippen LogP contribution >= 0.6 is 0 Å². The summed E-state index contributed by atoms with van der Waals surface area (Å²) in [6.07, 6.45) is 1.09. The first kappa shape index (κ1) is 22.8. The summed E-state index contributed by atoms with van der Waals surface area (Å²) in [6.45, 7) is 8.66. The highest BCUT2D eigenvalue weighted by molar-refractivity contribution is 6.12. The summed E-state index contributed by atoms with van der Waals surface area (Å²) >= 11 is 0. The number of benzodiazepines with no additional fused rings is 1. The van der Waals surface area contributed by atoms with Gasteiger partial charge in [0.15, 0.2) is 0 Å². The zero-order valence-corrected chi connectivity index (χ0v) is 20.0. The third-order valence-corrected chi connectivity index (χ3v) is 6.55. The predicted molar refractivity (Wildman–Crippen MR) is 133 cm³/mol. The van der Waals surface area contributed by atoms with Crippen molar-refractivity contribution in [1.82, 2.24) is 10.2 Å². The van der Waals surface area contributed by atoms with Crippen LogP contribution in [-0.2, 0) is 4.79 Å². The van der Waals surface area contributed by atoms with Crippen LogP contribution in [0.5, 0.6) is 0 Å². The number of nitrogens with zero attached hydrogens (tertiary/aromatic N) is 3. The second kappa shape index (κ2) is 9.25. The van der Waals surface area contributed by atoms with Gasteiger partial charge in [0, 0.05) is 30.4 Å². The molecule has 0 spiro atoms. The lowest BCUT2D eigenvalue weighted by atomic mass is 9.88. The third kappa shape index (κ3) is 4.72. The lowest BCUT2D eigenvalue weighted by molar-refractivity contribution is -0.119.